The van der Waals surface area contributed by atoms with Gasteiger partial charge < -0.3 is 5.11 Å². The monoisotopic (exact) mass is 362 g/mol. The van der Waals surface area contributed by atoms with E-state index in [2.05, 4.69) is 20.9 Å². The third kappa shape index (κ3) is 2.87. The number of hydrogen-bond donors (Lipinski definition) is 1. The van der Waals surface area contributed by atoms with Crippen LogP contribution in [0.4, 0.5) is 0 Å². The Morgan fingerprint density at radius 2 is 2.00 bits per heavy atom. The van der Waals surface area contributed by atoms with Gasteiger partial charge in [-0.3, -0.25) is 9.78 Å². The van der Waals surface area contributed by atoms with Crippen molar-refractivity contribution in [2.45, 2.75) is 24.7 Å². The number of aliphatic carboxylic acids is 1. The molecule has 0 aliphatic carbocycles. The summed E-state index contributed by atoms with van der Waals surface area (Å²) in [5, 5.41) is 9.16. The van der Waals surface area contributed by atoms with Crippen LogP contribution in [0, 0.1) is 5.41 Å². The Kier molecular flexibility index (Phi) is 4.17. The summed E-state index contributed by atoms with van der Waals surface area (Å²) in [7, 11) is -3.61. The molecule has 1 N–H and O–H groups in total. The number of halogens is 1. The smallest absolute Gasteiger partial charge is 0.309 e. The number of sulfonamides is 1. The SMILES string of the molecule is CC1(C(=O)O)CCN(S(=O)(=O)c2cncc(Br)c2)CC1. The van der Waals surface area contributed by atoms with E-state index in [0.29, 0.717) is 17.3 Å². The van der Waals surface area contributed by atoms with Gasteiger partial charge in [-0.1, -0.05) is 0 Å². The van der Waals surface area contributed by atoms with Crippen LogP contribution in [0.15, 0.2) is 27.8 Å². The summed E-state index contributed by atoms with van der Waals surface area (Å²) in [4.78, 5) is 15.1. The summed E-state index contributed by atoms with van der Waals surface area (Å²) in [5.41, 5.74) is -0.846. The molecule has 0 saturated carbocycles. The zero-order chi connectivity index (χ0) is 15.0. The third-order valence-corrected chi connectivity index (χ3v) is 5.96. The summed E-state index contributed by atoms with van der Waals surface area (Å²) in [5.74, 6) is -0.876. The minimum Gasteiger partial charge on any atom is -0.481 e. The van der Waals surface area contributed by atoms with Crippen LogP contribution in [0.5, 0.6) is 0 Å². The van der Waals surface area contributed by atoms with E-state index < -0.39 is 21.4 Å². The van der Waals surface area contributed by atoms with Crippen molar-refractivity contribution in [2.24, 2.45) is 5.41 Å². The van der Waals surface area contributed by atoms with Gasteiger partial charge in [0.05, 0.1) is 5.41 Å². The van der Waals surface area contributed by atoms with Crippen LogP contribution in [0.2, 0.25) is 0 Å². The van der Waals surface area contributed by atoms with Gasteiger partial charge in [-0.2, -0.15) is 4.31 Å². The van der Waals surface area contributed by atoms with Crippen molar-refractivity contribution in [3.63, 3.8) is 0 Å². The Hall–Kier alpha value is -0.990. The second-order valence-electron chi connectivity index (χ2n) is 5.11. The topological polar surface area (TPSA) is 87.6 Å². The van der Waals surface area contributed by atoms with Crippen LogP contribution in [-0.4, -0.2) is 41.9 Å². The Morgan fingerprint density at radius 1 is 1.40 bits per heavy atom. The molecule has 1 saturated heterocycles. The molecule has 6 nitrogen and oxygen atoms in total. The minimum absolute atomic E-state index is 0.116. The highest BCUT2D eigenvalue weighted by atomic mass is 79.9. The van der Waals surface area contributed by atoms with E-state index in [1.165, 1.54) is 22.8 Å². The van der Waals surface area contributed by atoms with Crippen molar-refractivity contribution in [3.05, 3.63) is 22.9 Å². The minimum atomic E-state index is -3.61. The van der Waals surface area contributed by atoms with Crippen molar-refractivity contribution in [3.8, 4) is 0 Å². The highest BCUT2D eigenvalue weighted by molar-refractivity contribution is 9.10. The van der Waals surface area contributed by atoms with Gasteiger partial charge in [-0.05, 0) is 41.8 Å². The van der Waals surface area contributed by atoms with Gasteiger partial charge in [0.25, 0.3) is 0 Å². The largest absolute Gasteiger partial charge is 0.481 e. The lowest BCUT2D eigenvalue weighted by molar-refractivity contribution is -0.150. The van der Waals surface area contributed by atoms with E-state index in [0.717, 1.165) is 0 Å². The maximum absolute atomic E-state index is 12.4. The van der Waals surface area contributed by atoms with E-state index in [1.807, 2.05) is 0 Å². The first-order valence-corrected chi connectivity index (χ1v) is 8.33. The molecular formula is C12H15BrN2O4S. The zero-order valence-electron chi connectivity index (χ0n) is 10.9. The number of rotatable bonds is 3. The molecule has 20 heavy (non-hydrogen) atoms. The predicted molar refractivity (Wildman–Crippen MR) is 75.7 cm³/mol. The fourth-order valence-corrected chi connectivity index (χ4v) is 4.06. The van der Waals surface area contributed by atoms with Gasteiger partial charge in [0.15, 0.2) is 0 Å². The molecule has 1 aromatic heterocycles. The molecule has 0 aromatic carbocycles. The van der Waals surface area contributed by atoms with Crippen LogP contribution in [0.3, 0.4) is 0 Å². The number of carboxylic acid groups (broad SMARTS) is 1. The average Bonchev–Trinajstić information content (AvgIpc) is 2.39. The maximum atomic E-state index is 12.4. The molecular weight excluding hydrogens is 348 g/mol. The number of hydrogen-bond acceptors (Lipinski definition) is 4. The van der Waals surface area contributed by atoms with Gasteiger partial charge in [0.1, 0.15) is 4.90 Å². The summed E-state index contributed by atoms with van der Waals surface area (Å²) in [6.07, 6.45) is 3.42. The molecule has 0 unspecified atom stereocenters. The lowest BCUT2D eigenvalue weighted by Gasteiger charge is -2.35. The van der Waals surface area contributed by atoms with Crippen molar-refractivity contribution < 1.29 is 18.3 Å². The Bertz CT molecular complexity index is 624. The molecule has 2 heterocycles. The van der Waals surface area contributed by atoms with E-state index in [-0.39, 0.29) is 18.0 Å². The van der Waals surface area contributed by atoms with Crippen LogP contribution < -0.4 is 0 Å². The first-order valence-electron chi connectivity index (χ1n) is 6.10. The van der Waals surface area contributed by atoms with E-state index >= 15 is 0 Å². The normalized spacial score (nSPS) is 19.7. The molecule has 0 spiro atoms. The summed E-state index contributed by atoms with van der Waals surface area (Å²) >= 11 is 3.19. The van der Waals surface area contributed by atoms with Gasteiger partial charge in [-0.15, -0.1) is 0 Å². The number of carboxylic acids is 1. The first kappa shape index (κ1) is 15.4. The van der Waals surface area contributed by atoms with Gasteiger partial charge >= 0.3 is 5.97 Å². The number of aromatic nitrogens is 1. The lowest BCUT2D eigenvalue weighted by atomic mass is 9.81. The summed E-state index contributed by atoms with van der Waals surface area (Å²) in [6, 6.07) is 1.49. The number of pyridine rings is 1. The quantitative estimate of drug-likeness (QED) is 0.884. The fraction of sp³-hybridized carbons (Fsp3) is 0.500. The lowest BCUT2D eigenvalue weighted by Crippen LogP contribution is -2.45. The average molecular weight is 363 g/mol. The maximum Gasteiger partial charge on any atom is 0.309 e. The third-order valence-electron chi connectivity index (χ3n) is 3.66. The Morgan fingerprint density at radius 3 is 2.50 bits per heavy atom. The van der Waals surface area contributed by atoms with E-state index in [1.54, 1.807) is 6.92 Å². The second-order valence-corrected chi connectivity index (χ2v) is 7.96. The van der Waals surface area contributed by atoms with E-state index in [4.69, 9.17) is 5.11 Å². The summed E-state index contributed by atoms with van der Waals surface area (Å²) in [6.45, 7) is 2.06. The van der Waals surface area contributed by atoms with Crippen molar-refractivity contribution in [2.75, 3.05) is 13.1 Å². The molecule has 110 valence electrons. The fourth-order valence-electron chi connectivity index (χ4n) is 2.12. The van der Waals surface area contributed by atoms with Crippen LogP contribution in [0.1, 0.15) is 19.8 Å². The first-order chi connectivity index (χ1) is 9.25. The molecule has 1 aliphatic heterocycles. The molecule has 0 atom stereocenters. The standard InChI is InChI=1S/C12H15BrN2O4S/c1-12(11(16)17)2-4-15(5-3-12)20(18,19)10-6-9(13)7-14-8-10/h6-8H,2-5H2,1H3,(H,16,17). The molecule has 8 heteroatoms. The van der Waals surface area contributed by atoms with Gasteiger partial charge in [0.2, 0.25) is 10.0 Å². The predicted octanol–water partition coefficient (Wildman–Crippen LogP) is 1.72. The number of carbonyl (C=O) groups is 1. The molecule has 1 fully saturated rings. The van der Waals surface area contributed by atoms with Crippen LogP contribution in [0.25, 0.3) is 0 Å². The molecule has 2 rings (SSSR count). The van der Waals surface area contributed by atoms with E-state index in [9.17, 15) is 13.2 Å². The molecule has 0 radical (unpaired) electrons. The highest BCUT2D eigenvalue weighted by Crippen LogP contribution is 2.33. The molecule has 0 bridgehead atoms. The second kappa shape index (κ2) is 5.42. The molecule has 1 aliphatic rings. The number of nitrogens with zero attached hydrogens (tertiary/aromatic N) is 2. The highest BCUT2D eigenvalue weighted by Gasteiger charge is 2.40. The Balaban J connectivity index is 2.20. The molecule has 1 aromatic rings. The number of piperidine rings is 1. The zero-order valence-corrected chi connectivity index (χ0v) is 13.3. The van der Waals surface area contributed by atoms with Crippen LogP contribution >= 0.6 is 15.9 Å². The van der Waals surface area contributed by atoms with Crippen molar-refractivity contribution in [1.82, 2.24) is 9.29 Å². The molecule has 0 amide bonds. The van der Waals surface area contributed by atoms with Gasteiger partial charge in [0, 0.05) is 30.0 Å². The van der Waals surface area contributed by atoms with Crippen LogP contribution in [-0.2, 0) is 14.8 Å². The Labute approximate surface area is 126 Å². The van der Waals surface area contributed by atoms with Crippen molar-refractivity contribution >= 4 is 31.9 Å². The summed E-state index contributed by atoms with van der Waals surface area (Å²) < 4.78 is 26.8. The van der Waals surface area contributed by atoms with Crippen molar-refractivity contribution in [1.29, 1.82) is 0 Å². The van der Waals surface area contributed by atoms with Gasteiger partial charge in [-0.25, -0.2) is 8.42 Å².